The number of hydrogen-bond acceptors (Lipinski definition) is 5. The van der Waals surface area contributed by atoms with Gasteiger partial charge in [0.25, 0.3) is 5.91 Å². The minimum absolute atomic E-state index is 0.119. The van der Waals surface area contributed by atoms with Crippen LogP contribution in [0.15, 0.2) is 30.6 Å². The zero-order chi connectivity index (χ0) is 16.4. The Morgan fingerprint density at radius 2 is 2.26 bits per heavy atom. The Kier molecular flexibility index (Phi) is 4.14. The zero-order valence-corrected chi connectivity index (χ0v) is 12.9. The van der Waals surface area contributed by atoms with Crippen molar-refractivity contribution in [2.75, 3.05) is 13.1 Å². The first-order valence-corrected chi connectivity index (χ1v) is 7.69. The minimum Gasteiger partial charge on any atom is -0.388 e. The summed E-state index contributed by atoms with van der Waals surface area (Å²) in [7, 11) is 0. The van der Waals surface area contributed by atoms with Crippen molar-refractivity contribution in [3.63, 3.8) is 0 Å². The molecule has 2 aromatic rings. The van der Waals surface area contributed by atoms with Crippen molar-refractivity contribution in [2.24, 2.45) is 0 Å². The topological polar surface area (TPSA) is 102 Å². The lowest BCUT2D eigenvalue weighted by Crippen LogP contribution is -2.56. The van der Waals surface area contributed by atoms with Gasteiger partial charge in [-0.05, 0) is 18.9 Å². The second-order valence-electron chi connectivity index (χ2n) is 5.85. The molecule has 1 saturated heterocycles. The largest absolute Gasteiger partial charge is 0.388 e. The standard InChI is InChI=1S/C16H20N4O3/c1-2-16(23)7-8-20(9-13(16)21)15(22)12-6-4-3-5-11(12)14-17-10-18-19-14/h3-6,10,13,21,23H,2,7-9H2,1H3,(H,17,18,19)/t13-,16-/m1/s1. The van der Waals surface area contributed by atoms with E-state index in [1.807, 2.05) is 13.0 Å². The number of amides is 1. The average Bonchev–Trinajstić information content (AvgIpc) is 3.11. The molecule has 1 aromatic carbocycles. The summed E-state index contributed by atoms with van der Waals surface area (Å²) in [4.78, 5) is 18.5. The number of aromatic nitrogens is 3. The first-order chi connectivity index (χ1) is 11.0. The van der Waals surface area contributed by atoms with Crippen LogP contribution < -0.4 is 0 Å². The van der Waals surface area contributed by atoms with Gasteiger partial charge >= 0.3 is 0 Å². The molecule has 0 aliphatic carbocycles. The summed E-state index contributed by atoms with van der Waals surface area (Å²) in [5.74, 6) is 0.339. The maximum absolute atomic E-state index is 12.8. The van der Waals surface area contributed by atoms with E-state index in [0.717, 1.165) is 0 Å². The van der Waals surface area contributed by atoms with Crippen LogP contribution in [-0.2, 0) is 0 Å². The molecule has 7 nitrogen and oxygen atoms in total. The van der Waals surface area contributed by atoms with Gasteiger partial charge in [0.2, 0.25) is 0 Å². The van der Waals surface area contributed by atoms with Crippen LogP contribution in [0.25, 0.3) is 11.4 Å². The van der Waals surface area contributed by atoms with Gasteiger partial charge in [-0.3, -0.25) is 9.89 Å². The fourth-order valence-electron chi connectivity index (χ4n) is 2.94. The summed E-state index contributed by atoms with van der Waals surface area (Å²) in [5.41, 5.74) is 0.0560. The van der Waals surface area contributed by atoms with Gasteiger partial charge in [-0.2, -0.15) is 5.10 Å². The molecular weight excluding hydrogens is 296 g/mol. The van der Waals surface area contributed by atoms with Crippen LogP contribution in [0.5, 0.6) is 0 Å². The second kappa shape index (κ2) is 6.10. The molecule has 2 heterocycles. The Labute approximate surface area is 134 Å². The molecule has 1 aromatic heterocycles. The zero-order valence-electron chi connectivity index (χ0n) is 12.9. The van der Waals surface area contributed by atoms with E-state index in [-0.39, 0.29) is 12.5 Å². The van der Waals surface area contributed by atoms with Gasteiger partial charge in [-0.1, -0.05) is 25.1 Å². The normalized spacial score (nSPS) is 24.7. The molecule has 0 unspecified atom stereocenters. The predicted molar refractivity (Wildman–Crippen MR) is 83.6 cm³/mol. The summed E-state index contributed by atoms with van der Waals surface area (Å²) >= 11 is 0. The first kappa shape index (κ1) is 15.6. The van der Waals surface area contributed by atoms with Crippen LogP contribution >= 0.6 is 0 Å². The van der Waals surface area contributed by atoms with E-state index in [1.54, 1.807) is 23.1 Å². The number of aliphatic hydroxyl groups excluding tert-OH is 1. The van der Waals surface area contributed by atoms with Crippen LogP contribution in [-0.4, -0.2) is 61.0 Å². The monoisotopic (exact) mass is 316 g/mol. The van der Waals surface area contributed by atoms with Crippen LogP contribution in [0.2, 0.25) is 0 Å². The van der Waals surface area contributed by atoms with E-state index in [4.69, 9.17) is 0 Å². The van der Waals surface area contributed by atoms with Crippen LogP contribution in [0, 0.1) is 0 Å². The number of β-amino-alcohol motifs (C(OH)–C–C–N with tert-alkyl or cyclic N) is 1. The summed E-state index contributed by atoms with van der Waals surface area (Å²) < 4.78 is 0. The summed E-state index contributed by atoms with van der Waals surface area (Å²) in [6.07, 6.45) is 1.27. The highest BCUT2D eigenvalue weighted by atomic mass is 16.3. The Morgan fingerprint density at radius 3 is 2.91 bits per heavy atom. The number of likely N-dealkylation sites (tertiary alicyclic amines) is 1. The number of benzene rings is 1. The maximum atomic E-state index is 12.8. The maximum Gasteiger partial charge on any atom is 0.254 e. The fraction of sp³-hybridized carbons (Fsp3) is 0.438. The molecule has 7 heteroatoms. The van der Waals surface area contributed by atoms with Gasteiger partial charge in [0.1, 0.15) is 12.4 Å². The molecular formula is C16H20N4O3. The van der Waals surface area contributed by atoms with Crippen molar-refractivity contribution < 1.29 is 15.0 Å². The molecule has 2 atom stereocenters. The van der Waals surface area contributed by atoms with Crippen LogP contribution in [0.3, 0.4) is 0 Å². The van der Waals surface area contributed by atoms with Crippen molar-refractivity contribution >= 4 is 5.91 Å². The molecule has 3 N–H and O–H groups in total. The Bertz CT molecular complexity index is 688. The Morgan fingerprint density at radius 1 is 1.48 bits per heavy atom. The lowest BCUT2D eigenvalue weighted by Gasteiger charge is -2.41. The quantitative estimate of drug-likeness (QED) is 0.778. The van der Waals surface area contributed by atoms with Gasteiger partial charge in [-0.25, -0.2) is 4.98 Å². The first-order valence-electron chi connectivity index (χ1n) is 7.69. The number of aromatic amines is 1. The van der Waals surface area contributed by atoms with E-state index < -0.39 is 11.7 Å². The smallest absolute Gasteiger partial charge is 0.254 e. The van der Waals surface area contributed by atoms with E-state index in [2.05, 4.69) is 15.2 Å². The number of rotatable bonds is 3. The highest BCUT2D eigenvalue weighted by Gasteiger charge is 2.40. The molecule has 1 aliphatic heterocycles. The third-order valence-electron chi connectivity index (χ3n) is 4.56. The Balaban J connectivity index is 1.85. The summed E-state index contributed by atoms with van der Waals surface area (Å²) in [6.45, 7) is 2.36. The number of nitrogens with zero attached hydrogens (tertiary/aromatic N) is 3. The molecule has 1 fully saturated rings. The lowest BCUT2D eigenvalue weighted by atomic mass is 9.86. The average molecular weight is 316 g/mol. The number of H-pyrrole nitrogens is 1. The molecule has 0 radical (unpaired) electrons. The van der Waals surface area contributed by atoms with Crippen molar-refractivity contribution in [3.05, 3.63) is 36.2 Å². The molecule has 0 bridgehead atoms. The Hall–Kier alpha value is -2.25. The van der Waals surface area contributed by atoms with Crippen LogP contribution in [0.4, 0.5) is 0 Å². The molecule has 122 valence electrons. The third kappa shape index (κ3) is 2.85. The highest BCUT2D eigenvalue weighted by Crippen LogP contribution is 2.28. The molecule has 23 heavy (non-hydrogen) atoms. The predicted octanol–water partition coefficient (Wildman–Crippen LogP) is 0.820. The molecule has 1 amide bonds. The van der Waals surface area contributed by atoms with Crippen LogP contribution in [0.1, 0.15) is 30.1 Å². The number of piperidine rings is 1. The number of carbonyl (C=O) groups is 1. The fourth-order valence-corrected chi connectivity index (χ4v) is 2.94. The van der Waals surface area contributed by atoms with Gasteiger partial charge in [0, 0.05) is 18.7 Å². The summed E-state index contributed by atoms with van der Waals surface area (Å²) in [6, 6.07) is 7.15. The van der Waals surface area contributed by atoms with Crippen molar-refractivity contribution in [2.45, 2.75) is 31.5 Å². The minimum atomic E-state index is -1.11. The number of hydrogen-bond donors (Lipinski definition) is 3. The lowest BCUT2D eigenvalue weighted by molar-refractivity contribution is -0.114. The van der Waals surface area contributed by atoms with Gasteiger partial charge < -0.3 is 15.1 Å². The summed E-state index contributed by atoms with van der Waals surface area (Å²) in [5, 5.41) is 27.1. The van der Waals surface area contributed by atoms with E-state index in [9.17, 15) is 15.0 Å². The third-order valence-corrected chi connectivity index (χ3v) is 4.56. The van der Waals surface area contributed by atoms with E-state index in [0.29, 0.717) is 36.3 Å². The van der Waals surface area contributed by atoms with E-state index >= 15 is 0 Å². The molecule has 0 spiro atoms. The highest BCUT2D eigenvalue weighted by molar-refractivity contribution is 6.00. The molecule has 1 aliphatic rings. The number of aliphatic hydroxyl groups is 2. The van der Waals surface area contributed by atoms with Gasteiger partial charge in [-0.15, -0.1) is 0 Å². The van der Waals surface area contributed by atoms with Gasteiger partial charge in [0.15, 0.2) is 5.82 Å². The van der Waals surface area contributed by atoms with E-state index in [1.165, 1.54) is 6.33 Å². The SMILES string of the molecule is CC[C@@]1(O)CCN(C(=O)c2ccccc2-c2ncn[nH]2)C[C@H]1O. The van der Waals surface area contributed by atoms with Gasteiger partial charge in [0.05, 0.1) is 11.2 Å². The number of carbonyl (C=O) groups excluding carboxylic acids is 1. The number of nitrogens with one attached hydrogen (secondary N) is 1. The van der Waals surface area contributed by atoms with Crippen molar-refractivity contribution in [1.29, 1.82) is 0 Å². The van der Waals surface area contributed by atoms with Crippen molar-refractivity contribution in [1.82, 2.24) is 20.1 Å². The molecule has 0 saturated carbocycles. The molecule has 3 rings (SSSR count). The second-order valence-corrected chi connectivity index (χ2v) is 5.85. The van der Waals surface area contributed by atoms with Crippen molar-refractivity contribution in [3.8, 4) is 11.4 Å².